The minimum atomic E-state index is -0.458. The SMILES string of the molecule is Cc1csc(CN(C)c2ccc(C(=O)c3ccccc3)cc2[N+](=O)[O-])n1. The first-order chi connectivity index (χ1) is 12.5. The van der Waals surface area contributed by atoms with Crippen LogP contribution in [0, 0.1) is 17.0 Å². The maximum Gasteiger partial charge on any atom is 0.293 e. The van der Waals surface area contributed by atoms with Crippen molar-refractivity contribution in [2.45, 2.75) is 13.5 Å². The third-order valence-electron chi connectivity index (χ3n) is 3.92. The van der Waals surface area contributed by atoms with Crippen LogP contribution in [0.5, 0.6) is 0 Å². The standard InChI is InChI=1S/C19H17N3O3S/c1-13-12-26-18(20-13)11-21(2)16-9-8-15(10-17(16)22(24)25)19(23)14-6-4-3-5-7-14/h3-10,12H,11H2,1-2H3. The van der Waals surface area contributed by atoms with Crippen LogP contribution in [0.15, 0.2) is 53.9 Å². The predicted octanol–water partition coefficient (Wildman–Crippen LogP) is 4.23. The van der Waals surface area contributed by atoms with Gasteiger partial charge in [-0.3, -0.25) is 14.9 Å². The van der Waals surface area contributed by atoms with Crippen molar-refractivity contribution in [3.63, 3.8) is 0 Å². The summed E-state index contributed by atoms with van der Waals surface area (Å²) in [7, 11) is 1.78. The number of benzene rings is 2. The molecule has 0 aliphatic carbocycles. The minimum absolute atomic E-state index is 0.0949. The van der Waals surface area contributed by atoms with Crippen LogP contribution < -0.4 is 4.90 Å². The number of anilines is 1. The predicted molar refractivity (Wildman–Crippen MR) is 102 cm³/mol. The molecule has 7 heteroatoms. The van der Waals surface area contributed by atoms with Crippen molar-refractivity contribution < 1.29 is 9.72 Å². The van der Waals surface area contributed by atoms with Gasteiger partial charge in [0.1, 0.15) is 10.7 Å². The zero-order valence-electron chi connectivity index (χ0n) is 14.4. The summed E-state index contributed by atoms with van der Waals surface area (Å²) in [4.78, 5) is 29.8. The normalized spacial score (nSPS) is 10.5. The van der Waals surface area contributed by atoms with Crippen molar-refractivity contribution in [2.24, 2.45) is 0 Å². The number of nitro benzene ring substituents is 1. The lowest BCUT2D eigenvalue weighted by Gasteiger charge is -2.18. The molecule has 0 bridgehead atoms. The fourth-order valence-electron chi connectivity index (χ4n) is 2.65. The topological polar surface area (TPSA) is 76.3 Å². The zero-order chi connectivity index (χ0) is 18.7. The molecule has 0 unspecified atom stereocenters. The van der Waals surface area contributed by atoms with Crippen LogP contribution in [0.25, 0.3) is 0 Å². The van der Waals surface area contributed by atoms with E-state index >= 15 is 0 Å². The van der Waals surface area contributed by atoms with Gasteiger partial charge in [0.2, 0.25) is 0 Å². The Morgan fingerprint density at radius 1 is 1.19 bits per heavy atom. The molecule has 1 heterocycles. The van der Waals surface area contributed by atoms with E-state index in [2.05, 4.69) is 4.98 Å². The van der Waals surface area contributed by atoms with E-state index in [1.54, 1.807) is 48.3 Å². The Bertz CT molecular complexity index is 954. The zero-order valence-corrected chi connectivity index (χ0v) is 15.2. The molecule has 1 aromatic heterocycles. The number of nitrogens with zero attached hydrogens (tertiary/aromatic N) is 3. The third kappa shape index (κ3) is 3.78. The van der Waals surface area contributed by atoms with Gasteiger partial charge in [-0.05, 0) is 19.1 Å². The summed E-state index contributed by atoms with van der Waals surface area (Å²) in [5.41, 5.74) is 2.08. The molecule has 0 N–H and O–H groups in total. The smallest absolute Gasteiger partial charge is 0.293 e. The molecule has 0 amide bonds. The fourth-order valence-corrected chi connectivity index (χ4v) is 3.48. The molecule has 0 aliphatic rings. The van der Waals surface area contributed by atoms with E-state index in [0.29, 0.717) is 23.4 Å². The number of rotatable bonds is 6. The van der Waals surface area contributed by atoms with Crippen LogP contribution in [0.1, 0.15) is 26.6 Å². The number of aryl methyl sites for hydroxylation is 1. The fraction of sp³-hybridized carbons (Fsp3) is 0.158. The maximum absolute atomic E-state index is 12.6. The molecule has 6 nitrogen and oxygen atoms in total. The van der Waals surface area contributed by atoms with E-state index in [4.69, 9.17) is 0 Å². The first kappa shape index (κ1) is 17.8. The molecule has 0 radical (unpaired) electrons. The van der Waals surface area contributed by atoms with E-state index in [0.717, 1.165) is 10.7 Å². The quantitative estimate of drug-likeness (QED) is 0.370. The summed E-state index contributed by atoms with van der Waals surface area (Å²) >= 11 is 1.52. The van der Waals surface area contributed by atoms with Gasteiger partial charge in [0.05, 0.1) is 11.5 Å². The summed E-state index contributed by atoms with van der Waals surface area (Å²) in [6.45, 7) is 2.37. The summed E-state index contributed by atoms with van der Waals surface area (Å²) < 4.78 is 0. The van der Waals surface area contributed by atoms with Gasteiger partial charge < -0.3 is 4.90 Å². The molecular weight excluding hydrogens is 350 g/mol. The maximum atomic E-state index is 12.6. The van der Waals surface area contributed by atoms with E-state index in [-0.39, 0.29) is 11.5 Å². The van der Waals surface area contributed by atoms with Gasteiger partial charge in [0, 0.05) is 35.3 Å². The van der Waals surface area contributed by atoms with Crippen molar-refractivity contribution in [3.05, 3.63) is 85.9 Å². The van der Waals surface area contributed by atoms with Crippen LogP contribution in [-0.4, -0.2) is 22.7 Å². The number of aromatic nitrogens is 1. The van der Waals surface area contributed by atoms with E-state index in [9.17, 15) is 14.9 Å². The van der Waals surface area contributed by atoms with Crippen LogP contribution in [0.2, 0.25) is 0 Å². The highest BCUT2D eigenvalue weighted by Crippen LogP contribution is 2.30. The molecule has 0 saturated carbocycles. The average Bonchev–Trinajstić information content (AvgIpc) is 3.06. The molecule has 3 rings (SSSR count). The molecule has 0 spiro atoms. The highest BCUT2D eigenvalue weighted by atomic mass is 32.1. The lowest BCUT2D eigenvalue weighted by Crippen LogP contribution is -2.18. The monoisotopic (exact) mass is 367 g/mol. The number of carbonyl (C=O) groups is 1. The first-order valence-electron chi connectivity index (χ1n) is 7.96. The first-order valence-corrected chi connectivity index (χ1v) is 8.84. The summed E-state index contributed by atoms with van der Waals surface area (Å²) in [5, 5.41) is 14.4. The van der Waals surface area contributed by atoms with Gasteiger partial charge in [-0.1, -0.05) is 30.3 Å². The Morgan fingerprint density at radius 2 is 1.92 bits per heavy atom. The molecule has 2 aromatic carbocycles. The van der Waals surface area contributed by atoms with Crippen molar-refractivity contribution in [1.82, 2.24) is 4.98 Å². The van der Waals surface area contributed by atoms with Crippen LogP contribution in [0.4, 0.5) is 11.4 Å². The van der Waals surface area contributed by atoms with Crippen LogP contribution in [-0.2, 0) is 6.54 Å². The van der Waals surface area contributed by atoms with Gasteiger partial charge >= 0.3 is 0 Å². The average molecular weight is 367 g/mol. The number of hydrogen-bond donors (Lipinski definition) is 0. The summed E-state index contributed by atoms with van der Waals surface area (Å²) in [6, 6.07) is 13.3. The molecule has 0 atom stereocenters. The Balaban J connectivity index is 1.92. The van der Waals surface area contributed by atoms with Crippen molar-refractivity contribution >= 4 is 28.5 Å². The van der Waals surface area contributed by atoms with Gasteiger partial charge in [-0.15, -0.1) is 11.3 Å². The Hall–Kier alpha value is -3.06. The van der Waals surface area contributed by atoms with Crippen LogP contribution >= 0.6 is 11.3 Å². The molecular formula is C19H17N3O3S. The number of thiazole rings is 1. The Labute approximate surface area is 154 Å². The summed E-state index contributed by atoms with van der Waals surface area (Å²) in [6.07, 6.45) is 0. The summed E-state index contributed by atoms with van der Waals surface area (Å²) in [5.74, 6) is -0.238. The second kappa shape index (κ2) is 7.45. The Kier molecular flexibility index (Phi) is 5.09. The third-order valence-corrected chi connectivity index (χ3v) is 4.87. The minimum Gasteiger partial charge on any atom is -0.362 e. The largest absolute Gasteiger partial charge is 0.362 e. The van der Waals surface area contributed by atoms with Gasteiger partial charge in [0.25, 0.3) is 5.69 Å². The van der Waals surface area contributed by atoms with Gasteiger partial charge in [-0.25, -0.2) is 4.98 Å². The van der Waals surface area contributed by atoms with Crippen molar-refractivity contribution in [3.8, 4) is 0 Å². The van der Waals surface area contributed by atoms with E-state index in [1.807, 2.05) is 18.4 Å². The highest BCUT2D eigenvalue weighted by Gasteiger charge is 2.21. The molecule has 3 aromatic rings. The number of ketones is 1. The number of carbonyl (C=O) groups excluding carboxylic acids is 1. The Morgan fingerprint density at radius 3 is 2.54 bits per heavy atom. The molecule has 0 saturated heterocycles. The lowest BCUT2D eigenvalue weighted by molar-refractivity contribution is -0.384. The second-order valence-electron chi connectivity index (χ2n) is 5.89. The molecule has 0 fully saturated rings. The van der Waals surface area contributed by atoms with Crippen molar-refractivity contribution in [2.75, 3.05) is 11.9 Å². The highest BCUT2D eigenvalue weighted by molar-refractivity contribution is 7.09. The molecule has 132 valence electrons. The number of hydrogen-bond acceptors (Lipinski definition) is 6. The molecule has 0 aliphatic heterocycles. The van der Waals surface area contributed by atoms with E-state index < -0.39 is 4.92 Å². The van der Waals surface area contributed by atoms with E-state index in [1.165, 1.54) is 17.4 Å². The van der Waals surface area contributed by atoms with Gasteiger partial charge in [-0.2, -0.15) is 0 Å². The van der Waals surface area contributed by atoms with Crippen molar-refractivity contribution in [1.29, 1.82) is 0 Å². The van der Waals surface area contributed by atoms with Gasteiger partial charge in [0.15, 0.2) is 5.78 Å². The second-order valence-corrected chi connectivity index (χ2v) is 6.84. The van der Waals surface area contributed by atoms with Crippen LogP contribution in [0.3, 0.4) is 0 Å². The molecule has 26 heavy (non-hydrogen) atoms. The number of nitro groups is 1. The lowest BCUT2D eigenvalue weighted by atomic mass is 10.0.